The zero-order valence-electron chi connectivity index (χ0n) is 21.0. The van der Waals surface area contributed by atoms with Crippen LogP contribution in [0.1, 0.15) is 49.3 Å². The van der Waals surface area contributed by atoms with Crippen LogP contribution in [-0.4, -0.2) is 16.7 Å². The molecule has 0 bridgehead atoms. The summed E-state index contributed by atoms with van der Waals surface area (Å²) in [6.07, 6.45) is 0.998. The molecule has 37 heavy (non-hydrogen) atoms. The van der Waals surface area contributed by atoms with Gasteiger partial charge in [0.1, 0.15) is 11.6 Å². The van der Waals surface area contributed by atoms with Gasteiger partial charge in [0.05, 0.1) is 0 Å². The molecule has 0 unspecified atom stereocenters. The Labute approximate surface area is 227 Å². The Hall–Kier alpha value is -3.34. The molecule has 1 heterocycles. The van der Waals surface area contributed by atoms with Gasteiger partial charge >= 0.3 is 0 Å². The summed E-state index contributed by atoms with van der Waals surface area (Å²) >= 11 is 12.4. The maximum absolute atomic E-state index is 13.9. The van der Waals surface area contributed by atoms with E-state index >= 15 is 0 Å². The lowest BCUT2D eigenvalue weighted by Crippen LogP contribution is -2.45. The number of amidine groups is 1. The third kappa shape index (κ3) is 4.72. The molecule has 0 amide bonds. The first kappa shape index (κ1) is 25.3. The molecule has 0 radical (unpaired) electrons. The monoisotopic (exact) mass is 530 g/mol. The van der Waals surface area contributed by atoms with Gasteiger partial charge in [0.25, 0.3) is 0 Å². The number of carbonyl (C=O) groups excluding carboxylic acids is 1. The molecule has 0 saturated carbocycles. The molecule has 0 spiro atoms. The molecule has 2 aliphatic rings. The lowest BCUT2D eigenvalue weighted by atomic mass is 9.67. The number of aliphatic hydroxyl groups excluding tert-OH is 1. The third-order valence-corrected chi connectivity index (χ3v) is 7.59. The highest BCUT2D eigenvalue weighted by Crippen LogP contribution is 2.51. The van der Waals surface area contributed by atoms with Crippen LogP contribution in [-0.2, 0) is 4.79 Å². The fourth-order valence-electron chi connectivity index (χ4n) is 5.34. The Balaban J connectivity index is 1.84. The van der Waals surface area contributed by atoms with E-state index in [1.807, 2.05) is 55.5 Å². The lowest BCUT2D eigenvalue weighted by molar-refractivity contribution is -0.118. The molecule has 0 fully saturated rings. The zero-order chi connectivity index (χ0) is 26.5. The SMILES string of the molecule is Cc1ccc(C(O)=C2C(=N)N(c3ccc(Cl)cc3)C3=C(C(=O)CC(C)(C)C3)[C@H]2c2ccc(Cl)cc2)cc1. The number of hydrogen-bond donors (Lipinski definition) is 2. The largest absolute Gasteiger partial charge is 0.507 e. The number of aliphatic hydroxyl groups is 1. The van der Waals surface area contributed by atoms with Gasteiger partial charge in [-0.15, -0.1) is 0 Å². The van der Waals surface area contributed by atoms with Crippen molar-refractivity contribution in [2.75, 3.05) is 4.90 Å². The minimum atomic E-state index is -0.604. The maximum atomic E-state index is 13.9. The number of anilines is 1. The van der Waals surface area contributed by atoms with E-state index in [-0.39, 0.29) is 22.8 Å². The van der Waals surface area contributed by atoms with Crippen LogP contribution in [0, 0.1) is 17.7 Å². The molecule has 188 valence electrons. The average Bonchev–Trinajstić information content (AvgIpc) is 2.84. The number of benzene rings is 3. The van der Waals surface area contributed by atoms with Gasteiger partial charge in [-0.1, -0.05) is 79.0 Å². The summed E-state index contributed by atoms with van der Waals surface area (Å²) in [6, 6.07) is 22.1. The number of nitrogens with zero attached hydrogens (tertiary/aromatic N) is 1. The van der Waals surface area contributed by atoms with E-state index in [9.17, 15) is 15.3 Å². The number of nitrogens with one attached hydrogen (secondary N) is 1. The minimum absolute atomic E-state index is 0.0202. The van der Waals surface area contributed by atoms with Crippen molar-refractivity contribution in [3.05, 3.63) is 116 Å². The molecule has 1 aliphatic carbocycles. The molecule has 3 aromatic carbocycles. The van der Waals surface area contributed by atoms with E-state index in [2.05, 4.69) is 13.8 Å². The Morgan fingerprint density at radius 3 is 2.08 bits per heavy atom. The van der Waals surface area contributed by atoms with Crippen LogP contribution in [0.4, 0.5) is 5.69 Å². The number of halogens is 2. The molecule has 0 saturated heterocycles. The van der Waals surface area contributed by atoms with E-state index < -0.39 is 5.92 Å². The van der Waals surface area contributed by atoms with Crippen LogP contribution < -0.4 is 4.90 Å². The van der Waals surface area contributed by atoms with Gasteiger partial charge in [0.15, 0.2) is 5.78 Å². The molecular formula is C31H28Cl2N2O2. The van der Waals surface area contributed by atoms with Crippen LogP contribution in [0.3, 0.4) is 0 Å². The van der Waals surface area contributed by atoms with Gasteiger partial charge in [0, 0.05) is 50.5 Å². The van der Waals surface area contributed by atoms with Crippen molar-refractivity contribution < 1.29 is 9.90 Å². The third-order valence-electron chi connectivity index (χ3n) is 7.09. The summed E-state index contributed by atoms with van der Waals surface area (Å²) in [4.78, 5) is 15.7. The van der Waals surface area contributed by atoms with E-state index in [1.165, 1.54) is 0 Å². The summed E-state index contributed by atoms with van der Waals surface area (Å²) in [5, 5.41) is 22.3. The van der Waals surface area contributed by atoms with Crippen molar-refractivity contribution in [3.8, 4) is 0 Å². The molecule has 1 atom stereocenters. The summed E-state index contributed by atoms with van der Waals surface area (Å²) < 4.78 is 0. The normalized spacial score (nSPS) is 20.7. The standard InChI is InChI=1S/C31H28Cl2N2O2/c1-18-4-6-20(7-5-18)29(37)28-26(19-8-10-21(32)11-9-19)27-24(16-31(2,3)17-25(27)36)35(30(28)34)23-14-12-22(33)13-15-23/h4-15,26,34,37H,16-17H2,1-3H3/t26-/m1/s1. The maximum Gasteiger partial charge on any atom is 0.162 e. The van der Waals surface area contributed by atoms with Crippen molar-refractivity contribution in [1.29, 1.82) is 5.41 Å². The number of hydrogen-bond acceptors (Lipinski definition) is 3. The van der Waals surface area contributed by atoms with Crippen molar-refractivity contribution in [3.63, 3.8) is 0 Å². The first-order valence-corrected chi connectivity index (χ1v) is 13.0. The van der Waals surface area contributed by atoms with Crippen molar-refractivity contribution >= 4 is 46.3 Å². The van der Waals surface area contributed by atoms with Gasteiger partial charge in [-0.2, -0.15) is 0 Å². The van der Waals surface area contributed by atoms with Gasteiger partial charge in [0.2, 0.25) is 0 Å². The second kappa shape index (κ2) is 9.51. The molecule has 3 aromatic rings. The van der Waals surface area contributed by atoms with E-state index in [0.29, 0.717) is 39.6 Å². The number of rotatable bonds is 3. The van der Waals surface area contributed by atoms with Crippen LogP contribution in [0.25, 0.3) is 5.76 Å². The summed E-state index contributed by atoms with van der Waals surface area (Å²) in [5.74, 6) is -0.474. The molecular weight excluding hydrogens is 503 g/mol. The molecule has 1 aliphatic heterocycles. The summed E-state index contributed by atoms with van der Waals surface area (Å²) in [7, 11) is 0. The number of ketones is 1. The molecule has 2 N–H and O–H groups in total. The van der Waals surface area contributed by atoms with Crippen molar-refractivity contribution in [1.82, 2.24) is 0 Å². The minimum Gasteiger partial charge on any atom is -0.507 e. The Kier molecular flexibility index (Phi) is 6.51. The first-order chi connectivity index (χ1) is 17.6. The van der Waals surface area contributed by atoms with Crippen LogP contribution in [0.5, 0.6) is 0 Å². The van der Waals surface area contributed by atoms with E-state index in [4.69, 9.17) is 23.2 Å². The predicted molar refractivity (Wildman–Crippen MR) is 152 cm³/mol. The fraction of sp³-hybridized carbons (Fsp3) is 0.226. The number of Topliss-reactive ketones (excluding diaryl/α,β-unsaturated/α-hetero) is 1. The highest BCUT2D eigenvalue weighted by atomic mass is 35.5. The average molecular weight is 531 g/mol. The second-order valence-corrected chi connectivity index (χ2v) is 11.4. The zero-order valence-corrected chi connectivity index (χ0v) is 22.5. The predicted octanol–water partition coefficient (Wildman–Crippen LogP) is 8.50. The van der Waals surface area contributed by atoms with Crippen LogP contribution in [0.15, 0.2) is 89.6 Å². The molecule has 4 nitrogen and oxygen atoms in total. The molecule has 0 aromatic heterocycles. The second-order valence-electron chi connectivity index (χ2n) is 10.6. The lowest BCUT2D eigenvalue weighted by Gasteiger charge is -2.45. The van der Waals surface area contributed by atoms with Gasteiger partial charge in [-0.25, -0.2) is 0 Å². The van der Waals surface area contributed by atoms with E-state index in [1.54, 1.807) is 29.2 Å². The van der Waals surface area contributed by atoms with Crippen molar-refractivity contribution in [2.45, 2.75) is 39.5 Å². The Morgan fingerprint density at radius 2 is 1.49 bits per heavy atom. The number of allylic oxidation sites excluding steroid dienone is 2. The summed E-state index contributed by atoms with van der Waals surface area (Å²) in [5.41, 5.74) is 4.68. The smallest absolute Gasteiger partial charge is 0.162 e. The Bertz CT molecular complexity index is 1450. The quantitative estimate of drug-likeness (QED) is 0.333. The highest BCUT2D eigenvalue weighted by molar-refractivity contribution is 6.31. The van der Waals surface area contributed by atoms with Crippen LogP contribution >= 0.6 is 23.2 Å². The first-order valence-electron chi connectivity index (χ1n) is 12.2. The summed E-state index contributed by atoms with van der Waals surface area (Å²) in [6.45, 7) is 6.13. The van der Waals surface area contributed by atoms with Gasteiger partial charge in [-0.05, 0) is 60.7 Å². The van der Waals surface area contributed by atoms with Crippen molar-refractivity contribution in [2.24, 2.45) is 5.41 Å². The fourth-order valence-corrected chi connectivity index (χ4v) is 5.60. The highest BCUT2D eigenvalue weighted by Gasteiger charge is 2.46. The number of aryl methyl sites for hydroxylation is 1. The van der Waals surface area contributed by atoms with Gasteiger partial charge in [-0.3, -0.25) is 15.1 Å². The van der Waals surface area contributed by atoms with Gasteiger partial charge < -0.3 is 5.11 Å². The molecule has 6 heteroatoms. The topological polar surface area (TPSA) is 64.4 Å². The van der Waals surface area contributed by atoms with Crippen LogP contribution in [0.2, 0.25) is 10.0 Å². The Morgan fingerprint density at radius 1 is 0.919 bits per heavy atom. The molecule has 5 rings (SSSR count). The number of carbonyl (C=O) groups is 1. The van der Waals surface area contributed by atoms with E-state index in [0.717, 1.165) is 22.5 Å².